The number of halogens is 1. The van der Waals surface area contributed by atoms with Crippen LogP contribution in [0.25, 0.3) is 10.9 Å². The van der Waals surface area contributed by atoms with Gasteiger partial charge in [0.25, 0.3) is 0 Å². The van der Waals surface area contributed by atoms with Gasteiger partial charge in [-0.1, -0.05) is 32.9 Å². The highest BCUT2D eigenvalue weighted by molar-refractivity contribution is 7.83. The second-order valence-electron chi connectivity index (χ2n) is 7.77. The molecule has 0 aliphatic carbocycles. The van der Waals surface area contributed by atoms with Crippen LogP contribution in [0.3, 0.4) is 0 Å². The smallest absolute Gasteiger partial charge is 0.125 e. The molecule has 1 heterocycles. The molecule has 0 spiro atoms. The van der Waals surface area contributed by atoms with Gasteiger partial charge in [-0.2, -0.15) is 0 Å². The zero-order chi connectivity index (χ0) is 18.9. The molecule has 0 fully saturated rings. The first-order chi connectivity index (χ1) is 12.2. The minimum absolute atomic E-state index is 0.0135. The Kier molecular flexibility index (Phi) is 5.30. The second-order valence-corrected chi connectivity index (χ2v) is 9.01. The van der Waals surface area contributed by atoms with Crippen molar-refractivity contribution < 1.29 is 8.60 Å². The van der Waals surface area contributed by atoms with Crippen LogP contribution in [0.15, 0.2) is 53.6 Å². The van der Waals surface area contributed by atoms with Crippen molar-refractivity contribution in [2.75, 3.05) is 0 Å². The zero-order valence-corrected chi connectivity index (χ0v) is 16.4. The lowest BCUT2D eigenvalue weighted by Crippen LogP contribution is -2.30. The molecule has 0 radical (unpaired) electrons. The molecule has 0 amide bonds. The maximum Gasteiger partial charge on any atom is 0.125 e. The summed E-state index contributed by atoms with van der Waals surface area (Å²) in [5.41, 5.74) is 3.21. The van der Waals surface area contributed by atoms with Crippen LogP contribution in [0.2, 0.25) is 0 Å². The summed E-state index contributed by atoms with van der Waals surface area (Å²) in [4.78, 5) is 3.91. The lowest BCUT2D eigenvalue weighted by Gasteiger charge is -2.19. The van der Waals surface area contributed by atoms with E-state index in [1.165, 1.54) is 17.7 Å². The summed E-state index contributed by atoms with van der Waals surface area (Å²) in [6, 6.07) is 12.6. The first-order valence-electron chi connectivity index (χ1n) is 8.78. The Hall–Kier alpha value is -1.98. The number of hydrogen-bond donors (Lipinski definition) is 2. The van der Waals surface area contributed by atoms with Crippen molar-refractivity contribution >= 4 is 21.9 Å². The summed E-state index contributed by atoms with van der Waals surface area (Å²) < 4.78 is 29.2. The van der Waals surface area contributed by atoms with Crippen molar-refractivity contribution in [2.24, 2.45) is 0 Å². The normalized spacial score (nSPS) is 14.5. The van der Waals surface area contributed by atoms with Crippen LogP contribution < -0.4 is 4.72 Å². The minimum Gasteiger partial charge on any atom is -0.361 e. The van der Waals surface area contributed by atoms with Gasteiger partial charge in [0.1, 0.15) is 16.8 Å². The Labute approximate surface area is 156 Å². The molecule has 5 heteroatoms. The van der Waals surface area contributed by atoms with E-state index in [9.17, 15) is 8.60 Å². The van der Waals surface area contributed by atoms with Crippen LogP contribution in [0.4, 0.5) is 4.39 Å². The first-order valence-corrected chi connectivity index (χ1v) is 9.93. The van der Waals surface area contributed by atoms with Gasteiger partial charge in [0.15, 0.2) is 0 Å². The number of H-pyrrole nitrogens is 1. The van der Waals surface area contributed by atoms with Crippen LogP contribution >= 0.6 is 0 Å². The van der Waals surface area contributed by atoms with Crippen molar-refractivity contribution in [1.82, 2.24) is 9.71 Å². The standard InChI is InChI=1S/C21H25FN2OS/c1-14(11-15-13-23-20-10-7-17(22)12-19(15)20)24-26(25)18-8-5-16(6-9-18)21(2,3)4/h5-10,12-14,23-24H,11H2,1-4H3. The Morgan fingerprint density at radius 2 is 1.85 bits per heavy atom. The number of aromatic amines is 1. The molecule has 26 heavy (non-hydrogen) atoms. The molecular formula is C21H25FN2OS. The van der Waals surface area contributed by atoms with E-state index in [2.05, 4.69) is 30.5 Å². The third-order valence-corrected chi connectivity index (χ3v) is 5.81. The predicted molar refractivity (Wildman–Crippen MR) is 106 cm³/mol. The number of nitrogens with one attached hydrogen (secondary N) is 2. The summed E-state index contributed by atoms with van der Waals surface area (Å²) in [6.45, 7) is 8.45. The van der Waals surface area contributed by atoms with E-state index >= 15 is 0 Å². The Morgan fingerprint density at radius 1 is 1.15 bits per heavy atom. The van der Waals surface area contributed by atoms with Gasteiger partial charge in [-0.05, 0) is 60.2 Å². The maximum absolute atomic E-state index is 13.5. The molecule has 0 aliphatic rings. The maximum atomic E-state index is 13.5. The molecule has 3 aromatic rings. The van der Waals surface area contributed by atoms with Gasteiger partial charge >= 0.3 is 0 Å². The van der Waals surface area contributed by atoms with Crippen LogP contribution in [0.1, 0.15) is 38.8 Å². The highest BCUT2D eigenvalue weighted by atomic mass is 32.2. The van der Waals surface area contributed by atoms with Crippen molar-refractivity contribution in [3.8, 4) is 0 Å². The van der Waals surface area contributed by atoms with Crippen molar-refractivity contribution in [3.63, 3.8) is 0 Å². The number of hydrogen-bond acceptors (Lipinski definition) is 1. The summed E-state index contributed by atoms with van der Waals surface area (Å²) >= 11 is 0. The summed E-state index contributed by atoms with van der Waals surface area (Å²) in [6.07, 6.45) is 2.55. The Bertz CT molecular complexity index is 925. The molecule has 2 aromatic carbocycles. The molecule has 0 aliphatic heterocycles. The fraction of sp³-hybridized carbons (Fsp3) is 0.333. The lowest BCUT2D eigenvalue weighted by atomic mass is 9.87. The molecule has 2 atom stereocenters. The first kappa shape index (κ1) is 18.8. The van der Waals surface area contributed by atoms with E-state index in [-0.39, 0.29) is 17.3 Å². The minimum atomic E-state index is -1.28. The Morgan fingerprint density at radius 3 is 2.50 bits per heavy atom. The molecule has 3 rings (SSSR count). The van der Waals surface area contributed by atoms with Gasteiger partial charge in [-0.3, -0.25) is 0 Å². The molecule has 0 saturated heterocycles. The number of benzene rings is 2. The topological polar surface area (TPSA) is 44.9 Å². The van der Waals surface area contributed by atoms with Crippen LogP contribution in [0, 0.1) is 5.82 Å². The zero-order valence-electron chi connectivity index (χ0n) is 15.6. The van der Waals surface area contributed by atoms with Gasteiger partial charge in [0.2, 0.25) is 0 Å². The van der Waals surface area contributed by atoms with Crippen molar-refractivity contribution in [1.29, 1.82) is 0 Å². The molecule has 2 unspecified atom stereocenters. The van der Waals surface area contributed by atoms with Crippen LogP contribution in [-0.4, -0.2) is 15.2 Å². The lowest BCUT2D eigenvalue weighted by molar-refractivity contribution is 0.589. The van der Waals surface area contributed by atoms with Gasteiger partial charge < -0.3 is 4.98 Å². The van der Waals surface area contributed by atoms with Crippen LogP contribution in [0.5, 0.6) is 0 Å². The van der Waals surface area contributed by atoms with Crippen molar-refractivity contribution in [2.45, 2.75) is 50.5 Å². The number of fused-ring (bicyclic) bond motifs is 1. The van der Waals surface area contributed by atoms with E-state index in [4.69, 9.17) is 0 Å². The molecule has 1 aromatic heterocycles. The highest BCUT2D eigenvalue weighted by Gasteiger charge is 2.15. The van der Waals surface area contributed by atoms with Gasteiger partial charge in [0.05, 0.1) is 4.90 Å². The molecule has 138 valence electrons. The number of rotatable bonds is 5. The van der Waals surface area contributed by atoms with E-state index in [1.807, 2.05) is 37.4 Å². The van der Waals surface area contributed by atoms with Gasteiger partial charge in [-0.25, -0.2) is 13.3 Å². The fourth-order valence-corrected chi connectivity index (χ4v) is 3.99. The molecule has 2 N–H and O–H groups in total. The molecule has 0 bridgehead atoms. The average molecular weight is 373 g/mol. The van der Waals surface area contributed by atoms with E-state index in [0.29, 0.717) is 6.42 Å². The monoisotopic (exact) mass is 372 g/mol. The van der Waals surface area contributed by atoms with Gasteiger partial charge in [-0.15, -0.1) is 0 Å². The third-order valence-electron chi connectivity index (χ3n) is 4.50. The summed E-state index contributed by atoms with van der Waals surface area (Å²) in [5, 5.41) is 0.874. The summed E-state index contributed by atoms with van der Waals surface area (Å²) in [7, 11) is -1.28. The second kappa shape index (κ2) is 7.33. The summed E-state index contributed by atoms with van der Waals surface area (Å²) in [5.74, 6) is -0.249. The van der Waals surface area contributed by atoms with Crippen molar-refractivity contribution in [3.05, 3.63) is 65.6 Å². The predicted octanol–water partition coefficient (Wildman–Crippen LogP) is 4.85. The quantitative estimate of drug-likeness (QED) is 0.661. The molecular weight excluding hydrogens is 347 g/mol. The van der Waals surface area contributed by atoms with E-state index in [1.54, 1.807) is 6.07 Å². The molecule has 3 nitrogen and oxygen atoms in total. The molecule has 0 saturated carbocycles. The van der Waals surface area contributed by atoms with Crippen LogP contribution in [-0.2, 0) is 22.8 Å². The number of aromatic nitrogens is 1. The average Bonchev–Trinajstić information content (AvgIpc) is 2.96. The third kappa shape index (κ3) is 4.22. The SMILES string of the molecule is CC(Cc1c[nH]c2ccc(F)cc12)NS(=O)c1ccc(C(C)(C)C)cc1. The van der Waals surface area contributed by atoms with E-state index < -0.39 is 11.0 Å². The van der Waals surface area contributed by atoms with Gasteiger partial charge in [0, 0.05) is 23.1 Å². The highest BCUT2D eigenvalue weighted by Crippen LogP contribution is 2.23. The Balaban J connectivity index is 1.68. The van der Waals surface area contributed by atoms with E-state index in [0.717, 1.165) is 21.4 Å². The fourth-order valence-electron chi connectivity index (χ4n) is 3.02. The largest absolute Gasteiger partial charge is 0.361 e.